The van der Waals surface area contributed by atoms with Crippen molar-refractivity contribution in [3.63, 3.8) is 0 Å². The molecule has 312 valence electrons. The Kier molecular flexibility index (Phi) is 43.0. The molecule has 0 rings (SSSR count). The van der Waals surface area contributed by atoms with Gasteiger partial charge in [-0.15, -0.1) is 0 Å². The molecule has 0 N–H and O–H groups in total. The van der Waals surface area contributed by atoms with Gasteiger partial charge in [-0.25, -0.2) is 0 Å². The molecule has 0 aliphatic heterocycles. The number of esters is 2. The van der Waals surface area contributed by atoms with Gasteiger partial charge in [0.25, 0.3) is 0 Å². The van der Waals surface area contributed by atoms with Crippen LogP contribution in [0.2, 0.25) is 0 Å². The van der Waals surface area contributed by atoms with E-state index in [1.807, 2.05) is 0 Å². The summed E-state index contributed by atoms with van der Waals surface area (Å²) in [5, 5.41) is 0. The molecule has 5 heteroatoms. The number of carbonyl (C=O) groups is 2. The van der Waals surface area contributed by atoms with E-state index in [4.69, 9.17) is 14.2 Å². The first-order valence-electron chi connectivity index (χ1n) is 22.8. The van der Waals surface area contributed by atoms with Gasteiger partial charge in [0.05, 0.1) is 6.61 Å². The summed E-state index contributed by atoms with van der Waals surface area (Å²) in [6.07, 6.45) is 55.0. The van der Waals surface area contributed by atoms with Gasteiger partial charge in [0, 0.05) is 19.4 Å². The number of hydrogen-bond acceptors (Lipinski definition) is 5. The summed E-state index contributed by atoms with van der Waals surface area (Å²) >= 11 is 0. The standard InChI is InChI=1S/C49H86O5/c1-4-7-10-13-16-19-21-23-25-27-29-31-33-36-39-42-48(50)53-46-47(45-52-44-41-38-35-18-15-12-9-6-3)54-49(51)43-40-37-34-32-30-28-26-24-22-20-17-14-11-8-5-2/h7,10,16-17,19-20,23-26,47H,4-6,8-9,11-15,18,21-22,27-46H2,1-3H3/b10-7-,19-16-,20-17-,25-23-,26-24-. The number of ether oxygens (including phenoxy) is 3. The Morgan fingerprint density at radius 1 is 0.426 bits per heavy atom. The van der Waals surface area contributed by atoms with Crippen molar-refractivity contribution >= 4 is 11.9 Å². The Bertz CT molecular complexity index is 946. The summed E-state index contributed by atoms with van der Waals surface area (Å²) in [6, 6.07) is 0. The second-order valence-electron chi connectivity index (χ2n) is 14.9. The van der Waals surface area contributed by atoms with E-state index in [9.17, 15) is 9.59 Å². The molecule has 1 unspecified atom stereocenters. The molecule has 0 aromatic carbocycles. The van der Waals surface area contributed by atoms with Crippen molar-refractivity contribution in [2.45, 2.75) is 219 Å². The van der Waals surface area contributed by atoms with Gasteiger partial charge >= 0.3 is 11.9 Å². The minimum Gasteiger partial charge on any atom is -0.462 e. The van der Waals surface area contributed by atoms with E-state index in [2.05, 4.69) is 81.5 Å². The van der Waals surface area contributed by atoms with E-state index in [-0.39, 0.29) is 25.2 Å². The quantitative estimate of drug-likeness (QED) is 0.0353. The number of allylic oxidation sites excluding steroid dienone is 10. The second kappa shape index (κ2) is 45.0. The fourth-order valence-corrected chi connectivity index (χ4v) is 6.14. The molecule has 5 nitrogen and oxygen atoms in total. The van der Waals surface area contributed by atoms with Crippen LogP contribution in [0.15, 0.2) is 60.8 Å². The minimum atomic E-state index is -0.546. The first-order valence-corrected chi connectivity index (χ1v) is 22.8. The molecule has 54 heavy (non-hydrogen) atoms. The summed E-state index contributed by atoms with van der Waals surface area (Å²) in [4.78, 5) is 25.2. The van der Waals surface area contributed by atoms with Gasteiger partial charge in [-0.3, -0.25) is 9.59 Å². The highest BCUT2D eigenvalue weighted by Gasteiger charge is 2.17. The molecular formula is C49H86O5. The molecule has 0 amide bonds. The molecule has 0 aromatic heterocycles. The van der Waals surface area contributed by atoms with Crippen molar-refractivity contribution in [2.24, 2.45) is 0 Å². The third kappa shape index (κ3) is 42.3. The molecule has 0 aliphatic rings. The summed E-state index contributed by atoms with van der Waals surface area (Å²) in [5.74, 6) is -0.433. The van der Waals surface area contributed by atoms with Crippen molar-refractivity contribution in [3.8, 4) is 0 Å². The third-order valence-electron chi connectivity index (χ3n) is 9.54. The first-order chi connectivity index (χ1) is 26.6. The largest absolute Gasteiger partial charge is 0.462 e. The maximum absolute atomic E-state index is 12.7. The Morgan fingerprint density at radius 3 is 1.37 bits per heavy atom. The maximum atomic E-state index is 12.7. The van der Waals surface area contributed by atoms with Gasteiger partial charge in [0.1, 0.15) is 6.61 Å². The molecular weight excluding hydrogens is 669 g/mol. The lowest BCUT2D eigenvalue weighted by molar-refractivity contribution is -0.163. The van der Waals surface area contributed by atoms with Crippen molar-refractivity contribution < 1.29 is 23.8 Å². The van der Waals surface area contributed by atoms with E-state index >= 15 is 0 Å². The van der Waals surface area contributed by atoms with Gasteiger partial charge in [-0.05, 0) is 83.5 Å². The third-order valence-corrected chi connectivity index (χ3v) is 9.54. The van der Waals surface area contributed by atoms with Crippen molar-refractivity contribution in [3.05, 3.63) is 60.8 Å². The van der Waals surface area contributed by atoms with Crippen molar-refractivity contribution in [1.29, 1.82) is 0 Å². The van der Waals surface area contributed by atoms with Crippen LogP contribution in [-0.2, 0) is 23.8 Å². The van der Waals surface area contributed by atoms with Crippen LogP contribution in [0.5, 0.6) is 0 Å². The lowest BCUT2D eigenvalue weighted by Gasteiger charge is -2.18. The Balaban J connectivity index is 4.25. The van der Waals surface area contributed by atoms with Crippen LogP contribution < -0.4 is 0 Å². The van der Waals surface area contributed by atoms with Crippen LogP contribution in [0.3, 0.4) is 0 Å². The van der Waals surface area contributed by atoms with E-state index < -0.39 is 6.10 Å². The molecule has 0 bridgehead atoms. The summed E-state index contributed by atoms with van der Waals surface area (Å²) in [6.45, 7) is 7.64. The zero-order valence-corrected chi connectivity index (χ0v) is 35.7. The summed E-state index contributed by atoms with van der Waals surface area (Å²) < 4.78 is 17.2. The number of rotatable bonds is 41. The lowest BCUT2D eigenvalue weighted by Crippen LogP contribution is -2.30. The Hall–Kier alpha value is -2.40. The molecule has 0 spiro atoms. The van der Waals surface area contributed by atoms with Crippen molar-refractivity contribution in [2.75, 3.05) is 19.8 Å². The van der Waals surface area contributed by atoms with Crippen LogP contribution in [0, 0.1) is 0 Å². The van der Waals surface area contributed by atoms with E-state index in [1.165, 1.54) is 89.9 Å². The van der Waals surface area contributed by atoms with E-state index in [1.54, 1.807) is 0 Å². The first kappa shape index (κ1) is 51.6. The number of hydrogen-bond donors (Lipinski definition) is 0. The zero-order valence-electron chi connectivity index (χ0n) is 35.7. The van der Waals surface area contributed by atoms with Gasteiger partial charge in [0.2, 0.25) is 0 Å². The molecule has 0 saturated carbocycles. The average molecular weight is 755 g/mol. The highest BCUT2D eigenvalue weighted by atomic mass is 16.6. The SMILES string of the molecule is CC/C=C\C/C=C\C/C=C\CCCCCCCC(=O)OCC(COCCCCCCCCCC)OC(=O)CCCCCCC/C=C\C/C=C\CCCCC. The van der Waals surface area contributed by atoms with Crippen LogP contribution >= 0.6 is 0 Å². The van der Waals surface area contributed by atoms with Gasteiger partial charge in [-0.2, -0.15) is 0 Å². The summed E-state index contributed by atoms with van der Waals surface area (Å²) in [7, 11) is 0. The molecule has 0 radical (unpaired) electrons. The normalized spacial score (nSPS) is 12.7. The fourth-order valence-electron chi connectivity index (χ4n) is 6.14. The molecule has 0 aromatic rings. The molecule has 0 saturated heterocycles. The zero-order chi connectivity index (χ0) is 39.3. The lowest BCUT2D eigenvalue weighted by atomic mass is 10.1. The second-order valence-corrected chi connectivity index (χ2v) is 14.9. The Labute approximate surface area is 334 Å². The number of unbranched alkanes of at least 4 members (excludes halogenated alkanes) is 20. The predicted octanol–water partition coefficient (Wildman–Crippen LogP) is 15.0. The van der Waals surface area contributed by atoms with E-state index in [0.717, 1.165) is 89.9 Å². The fraction of sp³-hybridized carbons (Fsp3) is 0.755. The highest BCUT2D eigenvalue weighted by molar-refractivity contribution is 5.70. The van der Waals surface area contributed by atoms with Crippen LogP contribution in [-0.4, -0.2) is 37.9 Å². The summed E-state index contributed by atoms with van der Waals surface area (Å²) in [5.41, 5.74) is 0. The molecule has 1 atom stereocenters. The minimum absolute atomic E-state index is 0.0706. The monoisotopic (exact) mass is 755 g/mol. The molecule has 0 heterocycles. The Morgan fingerprint density at radius 2 is 0.833 bits per heavy atom. The van der Waals surface area contributed by atoms with Gasteiger partial charge < -0.3 is 14.2 Å². The molecule has 0 fully saturated rings. The average Bonchev–Trinajstić information content (AvgIpc) is 3.17. The predicted molar refractivity (Wildman–Crippen MR) is 233 cm³/mol. The van der Waals surface area contributed by atoms with Gasteiger partial charge in [0.15, 0.2) is 6.10 Å². The topological polar surface area (TPSA) is 61.8 Å². The van der Waals surface area contributed by atoms with Crippen molar-refractivity contribution in [1.82, 2.24) is 0 Å². The number of carbonyl (C=O) groups excluding carboxylic acids is 2. The van der Waals surface area contributed by atoms with Crippen LogP contribution in [0.4, 0.5) is 0 Å². The van der Waals surface area contributed by atoms with E-state index in [0.29, 0.717) is 19.4 Å². The highest BCUT2D eigenvalue weighted by Crippen LogP contribution is 2.13. The van der Waals surface area contributed by atoms with Crippen LogP contribution in [0.1, 0.15) is 213 Å². The smallest absolute Gasteiger partial charge is 0.306 e. The van der Waals surface area contributed by atoms with Gasteiger partial charge in [-0.1, -0.05) is 178 Å². The molecule has 0 aliphatic carbocycles. The van der Waals surface area contributed by atoms with Crippen LogP contribution in [0.25, 0.3) is 0 Å². The maximum Gasteiger partial charge on any atom is 0.306 e.